The van der Waals surface area contributed by atoms with Crippen molar-refractivity contribution in [3.8, 4) is 0 Å². The third-order valence-electron chi connectivity index (χ3n) is 3.39. The summed E-state index contributed by atoms with van der Waals surface area (Å²) in [5.41, 5.74) is -0.444. The van der Waals surface area contributed by atoms with E-state index in [0.717, 1.165) is 31.5 Å². The number of rotatable bonds is 4. The number of aromatic amines is 1. The lowest BCUT2D eigenvalue weighted by molar-refractivity contribution is 0.166. The first-order valence-electron chi connectivity index (χ1n) is 5.70. The van der Waals surface area contributed by atoms with Crippen LogP contribution in [-0.2, 0) is 10.0 Å². The fourth-order valence-corrected chi connectivity index (χ4v) is 3.33. The van der Waals surface area contributed by atoms with E-state index in [0.29, 0.717) is 6.54 Å². The van der Waals surface area contributed by atoms with Crippen molar-refractivity contribution in [3.63, 3.8) is 0 Å². The van der Waals surface area contributed by atoms with Gasteiger partial charge in [0.2, 0.25) is 10.0 Å². The molecule has 0 saturated heterocycles. The molecule has 1 heterocycles. The van der Waals surface area contributed by atoms with Crippen LogP contribution in [0.15, 0.2) is 22.0 Å². The first-order valence-corrected chi connectivity index (χ1v) is 7.56. The van der Waals surface area contributed by atoms with Gasteiger partial charge in [0.05, 0.1) is 4.90 Å². The molecule has 0 aliphatic heterocycles. The fraction of sp³-hybridized carbons (Fsp3) is 0.545. The van der Waals surface area contributed by atoms with Crippen LogP contribution in [0.5, 0.6) is 0 Å². The van der Waals surface area contributed by atoms with Gasteiger partial charge in [-0.1, -0.05) is 24.9 Å². The molecular weight excluding hydrogens is 276 g/mol. The maximum Gasteiger partial charge on any atom is 0.266 e. The van der Waals surface area contributed by atoms with Crippen molar-refractivity contribution in [2.24, 2.45) is 5.41 Å². The molecule has 0 radical (unpaired) electrons. The minimum atomic E-state index is -3.61. The van der Waals surface area contributed by atoms with E-state index in [1.165, 1.54) is 0 Å². The molecule has 2 rings (SSSR count). The molecule has 0 spiro atoms. The second-order valence-electron chi connectivity index (χ2n) is 5.00. The second kappa shape index (κ2) is 4.68. The zero-order chi connectivity index (χ0) is 13.4. The number of halogens is 1. The minimum Gasteiger partial charge on any atom is -0.326 e. The molecule has 1 fully saturated rings. The zero-order valence-corrected chi connectivity index (χ0v) is 11.6. The van der Waals surface area contributed by atoms with Crippen molar-refractivity contribution in [2.45, 2.75) is 31.1 Å². The van der Waals surface area contributed by atoms with Crippen LogP contribution in [0.25, 0.3) is 0 Å². The molecule has 5 nitrogen and oxygen atoms in total. The molecule has 18 heavy (non-hydrogen) atoms. The molecule has 0 atom stereocenters. The number of H-pyrrole nitrogens is 1. The lowest BCUT2D eigenvalue weighted by Crippen LogP contribution is -2.40. The Morgan fingerprint density at radius 1 is 1.50 bits per heavy atom. The Hall–Kier alpha value is -0.850. The third-order valence-corrected chi connectivity index (χ3v) is 5.05. The number of hydrogen-bond donors (Lipinski definition) is 2. The van der Waals surface area contributed by atoms with Gasteiger partial charge in [0.15, 0.2) is 0 Å². The maximum atomic E-state index is 12.0. The van der Waals surface area contributed by atoms with Crippen molar-refractivity contribution in [2.75, 3.05) is 6.54 Å². The van der Waals surface area contributed by atoms with Crippen molar-refractivity contribution in [1.82, 2.24) is 9.71 Å². The van der Waals surface area contributed by atoms with Crippen LogP contribution in [0.2, 0.25) is 5.02 Å². The first-order chi connectivity index (χ1) is 8.32. The van der Waals surface area contributed by atoms with E-state index < -0.39 is 15.6 Å². The molecule has 1 aliphatic carbocycles. The predicted molar refractivity (Wildman–Crippen MR) is 69.2 cm³/mol. The lowest BCUT2D eigenvalue weighted by atomic mass is 9.71. The highest BCUT2D eigenvalue weighted by Gasteiger charge is 2.33. The van der Waals surface area contributed by atoms with Gasteiger partial charge in [-0.3, -0.25) is 4.79 Å². The summed E-state index contributed by atoms with van der Waals surface area (Å²) < 4.78 is 26.5. The smallest absolute Gasteiger partial charge is 0.266 e. The van der Waals surface area contributed by atoms with Gasteiger partial charge in [-0.2, -0.15) is 0 Å². The molecule has 1 aromatic heterocycles. The van der Waals surface area contributed by atoms with Gasteiger partial charge in [-0.25, -0.2) is 13.1 Å². The van der Waals surface area contributed by atoms with E-state index in [2.05, 4.69) is 16.6 Å². The molecule has 1 aromatic rings. The van der Waals surface area contributed by atoms with Gasteiger partial charge in [0, 0.05) is 12.7 Å². The topological polar surface area (TPSA) is 79.0 Å². The fourth-order valence-electron chi connectivity index (χ4n) is 1.90. The highest BCUT2D eigenvalue weighted by Crippen LogP contribution is 2.39. The van der Waals surface area contributed by atoms with Crippen LogP contribution in [0, 0.1) is 5.41 Å². The van der Waals surface area contributed by atoms with Gasteiger partial charge < -0.3 is 4.98 Å². The van der Waals surface area contributed by atoms with Crippen molar-refractivity contribution in [3.05, 3.63) is 27.6 Å². The van der Waals surface area contributed by atoms with E-state index in [1.807, 2.05) is 0 Å². The molecule has 7 heteroatoms. The van der Waals surface area contributed by atoms with E-state index in [9.17, 15) is 13.2 Å². The average molecular weight is 291 g/mol. The number of hydrogen-bond acceptors (Lipinski definition) is 3. The highest BCUT2D eigenvalue weighted by molar-refractivity contribution is 7.89. The van der Waals surface area contributed by atoms with E-state index in [1.54, 1.807) is 0 Å². The molecule has 1 saturated carbocycles. The molecule has 0 aromatic carbocycles. The largest absolute Gasteiger partial charge is 0.326 e. The number of pyridine rings is 1. The van der Waals surface area contributed by atoms with Crippen LogP contribution in [0.1, 0.15) is 26.2 Å². The predicted octanol–water partition coefficient (Wildman–Crippen LogP) is 1.50. The van der Waals surface area contributed by atoms with E-state index >= 15 is 0 Å². The lowest BCUT2D eigenvalue weighted by Gasteiger charge is -2.38. The van der Waals surface area contributed by atoms with Gasteiger partial charge in [0.1, 0.15) is 5.02 Å². The van der Waals surface area contributed by atoms with Crippen LogP contribution >= 0.6 is 11.6 Å². The Balaban J connectivity index is 2.15. The summed E-state index contributed by atoms with van der Waals surface area (Å²) >= 11 is 5.61. The Morgan fingerprint density at radius 3 is 2.67 bits per heavy atom. The number of aromatic nitrogens is 1. The molecule has 2 N–H and O–H groups in total. The van der Waals surface area contributed by atoms with Crippen molar-refractivity contribution < 1.29 is 8.42 Å². The van der Waals surface area contributed by atoms with Crippen molar-refractivity contribution >= 4 is 21.6 Å². The van der Waals surface area contributed by atoms with E-state index in [4.69, 9.17) is 11.6 Å². The quantitative estimate of drug-likeness (QED) is 0.882. The van der Waals surface area contributed by atoms with E-state index in [-0.39, 0.29) is 15.3 Å². The summed E-state index contributed by atoms with van der Waals surface area (Å²) in [7, 11) is -3.61. The summed E-state index contributed by atoms with van der Waals surface area (Å²) in [6.45, 7) is 2.46. The number of sulfonamides is 1. The molecule has 0 bridgehead atoms. The van der Waals surface area contributed by atoms with Crippen LogP contribution in [-0.4, -0.2) is 19.9 Å². The van der Waals surface area contributed by atoms with Crippen LogP contribution in [0.3, 0.4) is 0 Å². The summed E-state index contributed by atoms with van der Waals surface area (Å²) in [5, 5.41) is -0.132. The molecule has 100 valence electrons. The monoisotopic (exact) mass is 290 g/mol. The summed E-state index contributed by atoms with van der Waals surface area (Å²) in [6, 6.07) is 1.16. The summed E-state index contributed by atoms with van der Waals surface area (Å²) in [4.78, 5) is 13.3. The Labute approximate surface area is 111 Å². The van der Waals surface area contributed by atoms with Gasteiger partial charge in [-0.15, -0.1) is 0 Å². The molecule has 0 amide bonds. The third kappa shape index (κ3) is 2.76. The molecule has 0 unspecified atom stereocenters. The average Bonchev–Trinajstić information content (AvgIpc) is 2.27. The number of nitrogens with one attached hydrogen (secondary N) is 2. The van der Waals surface area contributed by atoms with Crippen LogP contribution < -0.4 is 10.3 Å². The Kier molecular flexibility index (Phi) is 3.53. The molecular formula is C11H15ClN2O3S. The van der Waals surface area contributed by atoms with Gasteiger partial charge >= 0.3 is 0 Å². The summed E-state index contributed by atoms with van der Waals surface area (Å²) in [6.07, 6.45) is 4.35. The SMILES string of the molecule is CC1(CNS(=O)(=O)c2c[nH]c(=O)c(Cl)c2)CCC1. The van der Waals surface area contributed by atoms with Gasteiger partial charge in [-0.05, 0) is 24.3 Å². The van der Waals surface area contributed by atoms with Crippen LogP contribution in [0.4, 0.5) is 0 Å². The normalized spacial score (nSPS) is 18.3. The van der Waals surface area contributed by atoms with Crippen molar-refractivity contribution in [1.29, 1.82) is 0 Å². The summed E-state index contributed by atoms with van der Waals surface area (Å²) in [5.74, 6) is 0. The Bertz CT molecular complexity index is 605. The first kappa shape index (κ1) is 13.6. The molecule has 1 aliphatic rings. The zero-order valence-electron chi connectivity index (χ0n) is 9.99. The highest BCUT2D eigenvalue weighted by atomic mass is 35.5. The second-order valence-corrected chi connectivity index (χ2v) is 7.18. The van der Waals surface area contributed by atoms with Gasteiger partial charge in [0.25, 0.3) is 5.56 Å². The Morgan fingerprint density at radius 2 is 2.17 bits per heavy atom. The minimum absolute atomic E-state index is 0.0185. The maximum absolute atomic E-state index is 12.0. The standard InChI is InChI=1S/C11H15ClN2O3S/c1-11(3-2-4-11)7-14-18(16,17)8-5-9(12)10(15)13-6-8/h5-6,14H,2-4,7H2,1H3,(H,13,15).